The van der Waals surface area contributed by atoms with E-state index in [1.54, 1.807) is 13.1 Å². The molecule has 1 aromatic carbocycles. The summed E-state index contributed by atoms with van der Waals surface area (Å²) >= 11 is 5.72. The highest BCUT2D eigenvalue weighted by Crippen LogP contribution is 2.24. The first-order valence-corrected chi connectivity index (χ1v) is 4.39. The van der Waals surface area contributed by atoms with Crippen molar-refractivity contribution in [3.8, 4) is 5.75 Å². The summed E-state index contributed by atoms with van der Waals surface area (Å²) in [6.45, 7) is -2.38. The third-order valence-electron chi connectivity index (χ3n) is 1.61. The van der Waals surface area contributed by atoms with Crippen molar-refractivity contribution in [2.24, 2.45) is 0 Å². The summed E-state index contributed by atoms with van der Waals surface area (Å²) in [5.74, 6) is 0.152. The van der Waals surface area contributed by atoms with Gasteiger partial charge in [0.1, 0.15) is 5.75 Å². The van der Waals surface area contributed by atoms with E-state index in [0.717, 1.165) is 0 Å². The number of ether oxygens (including phenoxy) is 1. The maximum absolute atomic E-state index is 12.0. The Bertz CT molecular complexity index is 307. The molecule has 0 aromatic heterocycles. The molecular formula is C9H10ClF2NO. The molecule has 0 saturated heterocycles. The predicted molar refractivity (Wildman–Crippen MR) is 50.8 cm³/mol. The van der Waals surface area contributed by atoms with E-state index in [1.165, 1.54) is 12.1 Å². The first-order chi connectivity index (χ1) is 6.63. The summed E-state index contributed by atoms with van der Waals surface area (Å²) < 4.78 is 28.3. The summed E-state index contributed by atoms with van der Waals surface area (Å²) in [5, 5.41) is 3.34. The molecule has 1 aromatic rings. The van der Waals surface area contributed by atoms with Crippen molar-refractivity contribution in [1.82, 2.24) is 5.32 Å². The van der Waals surface area contributed by atoms with Gasteiger partial charge >= 0.3 is 6.61 Å². The molecule has 0 atom stereocenters. The van der Waals surface area contributed by atoms with Crippen LogP contribution in [0.5, 0.6) is 5.75 Å². The van der Waals surface area contributed by atoms with Crippen LogP contribution in [0.4, 0.5) is 8.78 Å². The monoisotopic (exact) mass is 221 g/mol. The lowest BCUT2D eigenvalue weighted by molar-refractivity contribution is -0.0504. The number of rotatable bonds is 4. The zero-order valence-electron chi connectivity index (χ0n) is 7.56. The normalized spacial score (nSPS) is 10.6. The molecule has 78 valence electrons. The minimum atomic E-state index is -2.81. The third-order valence-corrected chi connectivity index (χ3v) is 1.84. The van der Waals surface area contributed by atoms with Crippen molar-refractivity contribution in [1.29, 1.82) is 0 Å². The van der Waals surface area contributed by atoms with Gasteiger partial charge < -0.3 is 10.1 Å². The highest BCUT2D eigenvalue weighted by Gasteiger charge is 2.09. The first-order valence-electron chi connectivity index (χ1n) is 4.01. The Morgan fingerprint density at radius 1 is 1.50 bits per heavy atom. The topological polar surface area (TPSA) is 21.3 Å². The lowest BCUT2D eigenvalue weighted by atomic mass is 10.2. The average Bonchev–Trinajstić information content (AvgIpc) is 2.09. The molecule has 1 N–H and O–H groups in total. The highest BCUT2D eigenvalue weighted by atomic mass is 35.5. The summed E-state index contributed by atoms with van der Waals surface area (Å²) in [6.07, 6.45) is 0. The summed E-state index contributed by atoms with van der Waals surface area (Å²) in [6, 6.07) is 4.54. The molecule has 0 aliphatic heterocycles. The molecule has 0 fully saturated rings. The van der Waals surface area contributed by atoms with Gasteiger partial charge in [0.2, 0.25) is 0 Å². The van der Waals surface area contributed by atoms with Gasteiger partial charge in [-0.25, -0.2) is 0 Å². The lowest BCUT2D eigenvalue weighted by Gasteiger charge is -2.10. The van der Waals surface area contributed by atoms with Crippen LogP contribution >= 0.6 is 11.6 Å². The molecular weight excluding hydrogens is 212 g/mol. The van der Waals surface area contributed by atoms with Crippen LogP contribution < -0.4 is 10.1 Å². The Balaban J connectivity index is 2.89. The van der Waals surface area contributed by atoms with Crippen LogP contribution in [0.2, 0.25) is 5.02 Å². The molecule has 0 bridgehead atoms. The molecule has 0 spiro atoms. The molecule has 0 unspecified atom stereocenters. The molecule has 0 saturated carbocycles. The predicted octanol–water partition coefficient (Wildman–Crippen LogP) is 2.66. The van der Waals surface area contributed by atoms with Crippen LogP contribution in [-0.2, 0) is 6.54 Å². The van der Waals surface area contributed by atoms with Gasteiger partial charge in [-0.1, -0.05) is 11.6 Å². The molecule has 0 aliphatic carbocycles. The smallest absolute Gasteiger partial charge is 0.387 e. The standard InChI is InChI=1S/C9H10ClF2NO/c1-13-5-6-4-7(10)2-3-8(6)14-9(11)12/h2-4,9,13H,5H2,1H3. The minimum Gasteiger partial charge on any atom is -0.434 e. The van der Waals surface area contributed by atoms with Crippen molar-refractivity contribution in [3.05, 3.63) is 28.8 Å². The average molecular weight is 222 g/mol. The SMILES string of the molecule is CNCc1cc(Cl)ccc1OC(F)F. The van der Waals surface area contributed by atoms with Gasteiger partial charge in [-0.3, -0.25) is 0 Å². The number of alkyl halides is 2. The number of nitrogens with one attached hydrogen (secondary N) is 1. The van der Waals surface area contributed by atoms with Crippen LogP contribution in [0, 0.1) is 0 Å². The van der Waals surface area contributed by atoms with Crippen LogP contribution in [0.1, 0.15) is 5.56 Å². The Kier molecular flexibility index (Phi) is 4.10. The van der Waals surface area contributed by atoms with E-state index in [2.05, 4.69) is 10.1 Å². The van der Waals surface area contributed by atoms with Crippen LogP contribution in [0.25, 0.3) is 0 Å². The maximum atomic E-state index is 12.0. The molecule has 0 heterocycles. The van der Waals surface area contributed by atoms with Gasteiger partial charge in [0.25, 0.3) is 0 Å². The molecule has 14 heavy (non-hydrogen) atoms. The molecule has 5 heteroatoms. The van der Waals surface area contributed by atoms with Crippen LogP contribution in [-0.4, -0.2) is 13.7 Å². The Hall–Kier alpha value is -0.870. The van der Waals surface area contributed by atoms with E-state index < -0.39 is 6.61 Å². The largest absolute Gasteiger partial charge is 0.434 e. The van der Waals surface area contributed by atoms with E-state index in [4.69, 9.17) is 11.6 Å². The quantitative estimate of drug-likeness (QED) is 0.844. The molecule has 0 amide bonds. The van der Waals surface area contributed by atoms with Crippen molar-refractivity contribution >= 4 is 11.6 Å². The van der Waals surface area contributed by atoms with E-state index in [9.17, 15) is 8.78 Å². The summed E-state index contributed by atoms with van der Waals surface area (Å²) in [5.41, 5.74) is 0.611. The Morgan fingerprint density at radius 2 is 2.21 bits per heavy atom. The van der Waals surface area contributed by atoms with Crippen molar-refractivity contribution in [2.75, 3.05) is 7.05 Å². The fourth-order valence-corrected chi connectivity index (χ4v) is 1.28. The zero-order valence-corrected chi connectivity index (χ0v) is 8.31. The second kappa shape index (κ2) is 5.12. The fraction of sp³-hybridized carbons (Fsp3) is 0.333. The molecule has 1 rings (SSSR count). The maximum Gasteiger partial charge on any atom is 0.387 e. The van der Waals surface area contributed by atoms with Gasteiger partial charge in [-0.15, -0.1) is 0 Å². The third kappa shape index (κ3) is 3.12. The molecule has 0 aliphatic rings. The van der Waals surface area contributed by atoms with Gasteiger partial charge in [-0.2, -0.15) is 8.78 Å². The van der Waals surface area contributed by atoms with E-state index >= 15 is 0 Å². The summed E-state index contributed by atoms with van der Waals surface area (Å²) in [4.78, 5) is 0. The zero-order chi connectivity index (χ0) is 10.6. The summed E-state index contributed by atoms with van der Waals surface area (Å²) in [7, 11) is 1.72. The Morgan fingerprint density at radius 3 is 2.79 bits per heavy atom. The number of hydrogen-bond donors (Lipinski definition) is 1. The van der Waals surface area contributed by atoms with E-state index in [-0.39, 0.29) is 5.75 Å². The van der Waals surface area contributed by atoms with Crippen molar-refractivity contribution < 1.29 is 13.5 Å². The number of halogens is 3. The van der Waals surface area contributed by atoms with Crippen molar-refractivity contribution in [2.45, 2.75) is 13.2 Å². The van der Waals surface area contributed by atoms with Gasteiger partial charge in [-0.05, 0) is 25.2 Å². The minimum absolute atomic E-state index is 0.152. The highest BCUT2D eigenvalue weighted by molar-refractivity contribution is 6.30. The molecule has 0 radical (unpaired) electrons. The van der Waals surface area contributed by atoms with Gasteiger partial charge in [0.15, 0.2) is 0 Å². The van der Waals surface area contributed by atoms with Crippen molar-refractivity contribution in [3.63, 3.8) is 0 Å². The fourth-order valence-electron chi connectivity index (χ4n) is 1.09. The van der Waals surface area contributed by atoms with Gasteiger partial charge in [0, 0.05) is 17.1 Å². The van der Waals surface area contributed by atoms with Gasteiger partial charge in [0.05, 0.1) is 0 Å². The second-order valence-electron chi connectivity index (χ2n) is 2.66. The lowest BCUT2D eigenvalue weighted by Crippen LogP contribution is -2.09. The van der Waals surface area contributed by atoms with E-state index in [0.29, 0.717) is 17.1 Å². The number of benzene rings is 1. The van der Waals surface area contributed by atoms with Crippen LogP contribution in [0.15, 0.2) is 18.2 Å². The second-order valence-corrected chi connectivity index (χ2v) is 3.10. The molecule has 2 nitrogen and oxygen atoms in total. The Labute approximate surface area is 85.8 Å². The van der Waals surface area contributed by atoms with E-state index in [1.807, 2.05) is 0 Å². The first kappa shape index (κ1) is 11.2. The van der Waals surface area contributed by atoms with Crippen LogP contribution in [0.3, 0.4) is 0 Å². The number of hydrogen-bond acceptors (Lipinski definition) is 2.